The third-order valence-electron chi connectivity index (χ3n) is 9.39. The second-order valence-electron chi connectivity index (χ2n) is 11.5. The Morgan fingerprint density at radius 3 is 2.41 bits per heavy atom. The Labute approximate surface area is 230 Å². The third kappa shape index (κ3) is 3.98. The molecule has 1 aromatic rings. The monoisotopic (exact) mass is 536 g/mol. The molecule has 1 unspecified atom stereocenters. The fraction of sp³-hybridized carbons (Fsp3) is 0.581. The summed E-state index contributed by atoms with van der Waals surface area (Å²) < 4.78 is 12.6. The van der Waals surface area contributed by atoms with E-state index < -0.39 is 41.1 Å². The molecule has 4 heterocycles. The van der Waals surface area contributed by atoms with Gasteiger partial charge in [-0.25, -0.2) is 0 Å². The van der Waals surface area contributed by atoms with E-state index in [0.717, 1.165) is 16.8 Å². The van der Waals surface area contributed by atoms with Crippen molar-refractivity contribution in [3.63, 3.8) is 0 Å². The second kappa shape index (κ2) is 10.2. The van der Waals surface area contributed by atoms with Gasteiger partial charge < -0.3 is 24.4 Å². The van der Waals surface area contributed by atoms with E-state index in [2.05, 4.69) is 0 Å². The lowest BCUT2D eigenvalue weighted by Crippen LogP contribution is -2.60. The van der Waals surface area contributed by atoms with Gasteiger partial charge in [0.2, 0.25) is 5.91 Å². The normalized spacial score (nSPS) is 33.6. The number of para-hydroxylation sites is 1. The van der Waals surface area contributed by atoms with Crippen LogP contribution in [0.1, 0.15) is 51.2 Å². The van der Waals surface area contributed by atoms with Crippen molar-refractivity contribution in [3.8, 4) is 0 Å². The van der Waals surface area contributed by atoms with Gasteiger partial charge in [0.25, 0.3) is 5.91 Å². The molecule has 1 aromatic carbocycles. The second-order valence-corrected chi connectivity index (χ2v) is 11.5. The first-order valence-electron chi connectivity index (χ1n) is 14.2. The van der Waals surface area contributed by atoms with Gasteiger partial charge in [-0.05, 0) is 43.7 Å². The van der Waals surface area contributed by atoms with E-state index in [0.29, 0.717) is 25.8 Å². The summed E-state index contributed by atoms with van der Waals surface area (Å²) in [6.45, 7) is 10.1. The van der Waals surface area contributed by atoms with Gasteiger partial charge in [0.1, 0.15) is 23.2 Å². The molecule has 4 aliphatic rings. The fourth-order valence-electron chi connectivity index (χ4n) is 7.27. The summed E-state index contributed by atoms with van der Waals surface area (Å²) in [5.41, 5.74) is 0.246. The highest BCUT2D eigenvalue weighted by atomic mass is 16.6. The van der Waals surface area contributed by atoms with Crippen molar-refractivity contribution in [2.75, 3.05) is 24.7 Å². The fourth-order valence-corrected chi connectivity index (χ4v) is 7.27. The quantitative estimate of drug-likeness (QED) is 0.442. The maximum absolute atomic E-state index is 14.8. The summed E-state index contributed by atoms with van der Waals surface area (Å²) in [5, 5.41) is 10.6. The molecule has 1 N–H and O–H groups in total. The summed E-state index contributed by atoms with van der Waals surface area (Å²) >= 11 is 0. The number of likely N-dealkylation sites (tertiary alicyclic amines) is 1. The van der Waals surface area contributed by atoms with Crippen molar-refractivity contribution >= 4 is 23.5 Å². The van der Waals surface area contributed by atoms with Crippen molar-refractivity contribution < 1.29 is 29.0 Å². The van der Waals surface area contributed by atoms with Gasteiger partial charge in [0.05, 0.1) is 25.2 Å². The first-order chi connectivity index (χ1) is 18.7. The molecule has 0 aromatic heterocycles. The van der Waals surface area contributed by atoms with Crippen LogP contribution in [0.15, 0.2) is 42.5 Å². The number of amides is 2. The number of carbonyl (C=O) groups excluding carboxylic acids is 3. The van der Waals surface area contributed by atoms with Crippen LogP contribution in [0.25, 0.3) is 0 Å². The molecule has 2 fully saturated rings. The van der Waals surface area contributed by atoms with Crippen LogP contribution >= 0.6 is 0 Å². The standard InChI is InChI=1S/C31H40N2O6/c1-6-19(3)22(18-34)33-26-28(36)32(25-20(4)12-10-13-21(25)5)16-11-15-31(26)23(27(33)35)24-29(37)38-17-9-8-14-30(24,7-2)39-31/h8,10-15,19,22-24,26,34H,6-7,9,16-18H2,1-5H3/t19-,22-,23-,24-,26?,30+,31-/m0/s1. The van der Waals surface area contributed by atoms with E-state index >= 15 is 0 Å². The molecule has 4 aliphatic heterocycles. The number of aryl methyl sites for hydroxylation is 2. The number of fused-ring (bicyclic) bond motifs is 2. The Morgan fingerprint density at radius 1 is 1.05 bits per heavy atom. The van der Waals surface area contributed by atoms with E-state index in [1.54, 1.807) is 9.80 Å². The smallest absolute Gasteiger partial charge is 0.313 e. The maximum atomic E-state index is 14.8. The van der Waals surface area contributed by atoms with Gasteiger partial charge in [-0.15, -0.1) is 0 Å². The molecule has 0 radical (unpaired) electrons. The topological polar surface area (TPSA) is 96.4 Å². The minimum atomic E-state index is -1.38. The first-order valence-corrected chi connectivity index (χ1v) is 14.2. The van der Waals surface area contributed by atoms with Gasteiger partial charge in [-0.2, -0.15) is 0 Å². The van der Waals surface area contributed by atoms with E-state index in [-0.39, 0.29) is 30.9 Å². The Bertz CT molecular complexity index is 1210. The number of cyclic esters (lactones) is 1. The molecule has 8 heteroatoms. The lowest BCUT2D eigenvalue weighted by Gasteiger charge is -2.42. The zero-order valence-corrected chi connectivity index (χ0v) is 23.6. The number of aliphatic hydroxyl groups is 1. The Balaban J connectivity index is 1.73. The van der Waals surface area contributed by atoms with Gasteiger partial charge in [0.15, 0.2) is 0 Å². The molecule has 7 atom stereocenters. The number of esters is 1. The maximum Gasteiger partial charge on any atom is 0.313 e. The van der Waals surface area contributed by atoms with E-state index in [1.807, 2.05) is 77.1 Å². The van der Waals surface area contributed by atoms with Crippen molar-refractivity contribution in [2.45, 2.75) is 77.2 Å². The molecular formula is C31H40N2O6. The van der Waals surface area contributed by atoms with Crippen LogP contribution < -0.4 is 4.90 Å². The molecule has 8 nitrogen and oxygen atoms in total. The summed E-state index contributed by atoms with van der Waals surface area (Å²) in [5.74, 6) is -3.02. The number of ether oxygens (including phenoxy) is 2. The van der Waals surface area contributed by atoms with Crippen molar-refractivity contribution in [1.82, 2.24) is 4.90 Å². The largest absolute Gasteiger partial charge is 0.465 e. The number of anilines is 1. The number of benzene rings is 1. The molecule has 0 saturated carbocycles. The van der Waals surface area contributed by atoms with Crippen molar-refractivity contribution in [3.05, 3.63) is 53.6 Å². The van der Waals surface area contributed by atoms with Crippen LogP contribution in [0, 0.1) is 31.6 Å². The van der Waals surface area contributed by atoms with Crippen LogP contribution in [-0.4, -0.2) is 70.8 Å². The minimum Gasteiger partial charge on any atom is -0.465 e. The van der Waals surface area contributed by atoms with Gasteiger partial charge >= 0.3 is 5.97 Å². The Hall–Kier alpha value is -2.97. The molecule has 5 rings (SSSR count). The molecule has 39 heavy (non-hydrogen) atoms. The third-order valence-corrected chi connectivity index (χ3v) is 9.39. The zero-order chi connectivity index (χ0) is 28.1. The number of rotatable bonds is 6. The summed E-state index contributed by atoms with van der Waals surface area (Å²) in [7, 11) is 0. The average molecular weight is 537 g/mol. The van der Waals surface area contributed by atoms with Gasteiger partial charge in [-0.1, -0.05) is 69.7 Å². The van der Waals surface area contributed by atoms with E-state index in [1.165, 1.54) is 0 Å². The molecule has 2 saturated heterocycles. The number of carbonyl (C=O) groups is 3. The predicted octanol–water partition coefficient (Wildman–Crippen LogP) is 3.48. The van der Waals surface area contributed by atoms with Crippen LogP contribution in [0.3, 0.4) is 0 Å². The first kappa shape index (κ1) is 27.6. The van der Waals surface area contributed by atoms with E-state index in [9.17, 15) is 19.5 Å². The van der Waals surface area contributed by atoms with Gasteiger partial charge in [-0.3, -0.25) is 14.4 Å². The number of hydrogen-bond donors (Lipinski definition) is 1. The Morgan fingerprint density at radius 2 is 1.77 bits per heavy atom. The van der Waals surface area contributed by atoms with Crippen molar-refractivity contribution in [2.24, 2.45) is 17.8 Å². The lowest BCUT2D eigenvalue weighted by atomic mass is 9.73. The summed E-state index contributed by atoms with van der Waals surface area (Å²) in [4.78, 5) is 46.2. The van der Waals surface area contributed by atoms with Crippen molar-refractivity contribution in [1.29, 1.82) is 0 Å². The lowest BCUT2D eigenvalue weighted by molar-refractivity contribution is -0.162. The zero-order valence-electron chi connectivity index (χ0n) is 23.6. The highest BCUT2D eigenvalue weighted by molar-refractivity contribution is 6.06. The SMILES string of the molecule is CC[C@H](C)[C@H](CO)N1C(=O)[C@@H]2[C@H]3C(=O)OCCC=C[C@@]3(CC)O[C@@]23C=CCN(c2c(C)cccc2C)C(=O)C13. The van der Waals surface area contributed by atoms with E-state index in [4.69, 9.17) is 9.47 Å². The minimum absolute atomic E-state index is 0.0800. The molecule has 1 spiro atoms. The van der Waals surface area contributed by atoms with Crippen LogP contribution in [0.2, 0.25) is 0 Å². The van der Waals surface area contributed by atoms with Crippen LogP contribution in [-0.2, 0) is 23.9 Å². The summed E-state index contributed by atoms with van der Waals surface area (Å²) in [6.07, 6.45) is 9.29. The molecule has 2 amide bonds. The highest BCUT2D eigenvalue weighted by Gasteiger charge is 2.76. The predicted molar refractivity (Wildman–Crippen MR) is 147 cm³/mol. The highest BCUT2D eigenvalue weighted by Crippen LogP contribution is 2.59. The average Bonchev–Trinajstić information content (AvgIpc) is 3.26. The molecule has 0 aliphatic carbocycles. The molecule has 210 valence electrons. The van der Waals surface area contributed by atoms with Crippen LogP contribution in [0.4, 0.5) is 5.69 Å². The Kier molecular flexibility index (Phi) is 7.22. The summed E-state index contributed by atoms with van der Waals surface area (Å²) in [6, 6.07) is 4.24. The number of nitrogens with zero attached hydrogens (tertiary/aromatic N) is 2. The molecule has 0 bridgehead atoms. The number of hydrogen-bond acceptors (Lipinski definition) is 6. The van der Waals surface area contributed by atoms with Crippen LogP contribution in [0.5, 0.6) is 0 Å². The van der Waals surface area contributed by atoms with Gasteiger partial charge in [0, 0.05) is 12.2 Å². The number of aliphatic hydroxyl groups excluding tert-OH is 1. The molecular weight excluding hydrogens is 496 g/mol.